The number of anilines is 3. The number of aryl methyl sites for hydroxylation is 1. The maximum Gasteiger partial charge on any atom is 0.228 e. The van der Waals surface area contributed by atoms with Gasteiger partial charge in [0.1, 0.15) is 11.5 Å². The van der Waals surface area contributed by atoms with Crippen LogP contribution < -0.4 is 24.0 Å². The highest BCUT2D eigenvalue weighted by Crippen LogP contribution is 2.36. The first kappa shape index (κ1) is 26.3. The van der Waals surface area contributed by atoms with Gasteiger partial charge >= 0.3 is 0 Å². The van der Waals surface area contributed by atoms with E-state index in [9.17, 15) is 0 Å². The number of methoxy groups -OCH3 is 3. The molecule has 0 radical (unpaired) electrons. The third kappa shape index (κ3) is 5.56. The molecule has 4 heterocycles. The predicted octanol–water partition coefficient (Wildman–Crippen LogP) is 4.51. The molecular formula is C30H32N8O3. The van der Waals surface area contributed by atoms with Crippen molar-refractivity contribution in [3.8, 4) is 28.6 Å². The first-order valence-corrected chi connectivity index (χ1v) is 13.4. The van der Waals surface area contributed by atoms with Gasteiger partial charge in [-0.15, -0.1) is 0 Å². The van der Waals surface area contributed by atoms with E-state index in [1.165, 1.54) is 0 Å². The molecule has 0 N–H and O–H groups in total. The Hall–Kier alpha value is -4.93. The Morgan fingerprint density at radius 3 is 2.44 bits per heavy atom. The lowest BCUT2D eigenvalue weighted by molar-refractivity contribution is 0.394. The van der Waals surface area contributed by atoms with Crippen molar-refractivity contribution in [2.75, 3.05) is 50.8 Å². The van der Waals surface area contributed by atoms with Crippen LogP contribution in [0.15, 0.2) is 67.3 Å². The molecule has 210 valence electrons. The van der Waals surface area contributed by atoms with Gasteiger partial charge in [-0.25, -0.2) is 9.97 Å². The fourth-order valence-corrected chi connectivity index (χ4v) is 5.19. The van der Waals surface area contributed by atoms with E-state index >= 15 is 0 Å². The number of nitrogens with zero attached hydrogens (tertiary/aromatic N) is 8. The van der Waals surface area contributed by atoms with Crippen LogP contribution in [0.4, 0.5) is 17.3 Å². The van der Waals surface area contributed by atoms with Crippen LogP contribution in [0, 0.1) is 5.92 Å². The van der Waals surface area contributed by atoms with Crippen LogP contribution in [-0.4, -0.2) is 70.7 Å². The van der Waals surface area contributed by atoms with Gasteiger partial charge in [0.05, 0.1) is 50.5 Å². The van der Waals surface area contributed by atoms with Crippen molar-refractivity contribution in [2.24, 2.45) is 13.0 Å². The topological polar surface area (TPSA) is 104 Å². The lowest BCUT2D eigenvalue weighted by Gasteiger charge is -2.29. The maximum atomic E-state index is 5.61. The van der Waals surface area contributed by atoms with E-state index in [0.717, 1.165) is 71.2 Å². The maximum absolute atomic E-state index is 5.61. The number of hydrogen-bond donors (Lipinski definition) is 0. The van der Waals surface area contributed by atoms with Gasteiger partial charge in [-0.05, 0) is 30.5 Å². The van der Waals surface area contributed by atoms with Crippen molar-refractivity contribution >= 4 is 28.4 Å². The summed E-state index contributed by atoms with van der Waals surface area (Å²) >= 11 is 0. The molecule has 1 atom stereocenters. The summed E-state index contributed by atoms with van der Waals surface area (Å²) < 4.78 is 18.3. The van der Waals surface area contributed by atoms with E-state index in [4.69, 9.17) is 19.2 Å². The van der Waals surface area contributed by atoms with Crippen LogP contribution in [0.5, 0.6) is 17.4 Å². The van der Waals surface area contributed by atoms with E-state index in [-0.39, 0.29) is 0 Å². The molecule has 5 aromatic rings. The summed E-state index contributed by atoms with van der Waals surface area (Å²) in [5, 5.41) is 4.28. The Bertz CT molecular complexity index is 1650. The average molecular weight is 553 g/mol. The standard InChI is InChI=1S/C30H32N8O3/c1-36-19-21(15-33-36)28-16-32-26-6-5-22(13-27(26)34-28)38(23-11-24(39-2)14-25(12-23)40-3)18-20-8-10-37(17-20)30-31-9-7-29(35-30)41-4/h5-7,9,11-16,19-20H,8,10,17-18H2,1-4H3. The lowest BCUT2D eigenvalue weighted by atomic mass is 10.1. The second-order valence-corrected chi connectivity index (χ2v) is 10.0. The van der Waals surface area contributed by atoms with Crippen LogP contribution in [0.3, 0.4) is 0 Å². The zero-order valence-electron chi connectivity index (χ0n) is 23.6. The van der Waals surface area contributed by atoms with Gasteiger partial charge in [0.15, 0.2) is 0 Å². The van der Waals surface area contributed by atoms with Crippen LogP contribution in [0.1, 0.15) is 6.42 Å². The molecule has 1 fully saturated rings. The van der Waals surface area contributed by atoms with E-state index in [0.29, 0.717) is 17.7 Å². The summed E-state index contributed by atoms with van der Waals surface area (Å²) in [6.07, 6.45) is 8.26. The Balaban J connectivity index is 1.35. The number of aromatic nitrogens is 6. The highest BCUT2D eigenvalue weighted by atomic mass is 16.5. The molecule has 0 aliphatic carbocycles. The predicted molar refractivity (Wildman–Crippen MR) is 157 cm³/mol. The number of fused-ring (bicyclic) bond motifs is 1. The molecule has 0 bridgehead atoms. The Morgan fingerprint density at radius 1 is 0.878 bits per heavy atom. The van der Waals surface area contributed by atoms with Gasteiger partial charge in [-0.1, -0.05) is 0 Å². The molecule has 3 aromatic heterocycles. The van der Waals surface area contributed by atoms with Crippen molar-refractivity contribution < 1.29 is 14.2 Å². The fraction of sp³-hybridized carbons (Fsp3) is 0.300. The summed E-state index contributed by atoms with van der Waals surface area (Å²) in [4.78, 5) is 23.1. The van der Waals surface area contributed by atoms with E-state index in [1.807, 2.05) is 37.5 Å². The Kier molecular flexibility index (Phi) is 7.24. The lowest BCUT2D eigenvalue weighted by Crippen LogP contribution is -2.28. The van der Waals surface area contributed by atoms with Crippen LogP contribution in [0.25, 0.3) is 22.3 Å². The van der Waals surface area contributed by atoms with Gasteiger partial charge in [-0.3, -0.25) is 9.67 Å². The summed E-state index contributed by atoms with van der Waals surface area (Å²) in [6.45, 7) is 2.45. The molecule has 11 nitrogen and oxygen atoms in total. The van der Waals surface area contributed by atoms with Crippen molar-refractivity contribution in [3.63, 3.8) is 0 Å². The number of ether oxygens (including phenoxy) is 3. The monoisotopic (exact) mass is 552 g/mol. The minimum absolute atomic E-state index is 0.352. The second kappa shape index (κ2) is 11.3. The number of rotatable bonds is 9. The smallest absolute Gasteiger partial charge is 0.228 e. The Morgan fingerprint density at radius 2 is 1.71 bits per heavy atom. The molecule has 1 unspecified atom stereocenters. The molecule has 0 spiro atoms. The van der Waals surface area contributed by atoms with Crippen molar-refractivity contribution in [1.29, 1.82) is 0 Å². The number of hydrogen-bond acceptors (Lipinski definition) is 10. The molecule has 6 rings (SSSR count). The van der Waals surface area contributed by atoms with Gasteiger partial charge in [0.2, 0.25) is 11.8 Å². The average Bonchev–Trinajstić information content (AvgIpc) is 3.68. The minimum Gasteiger partial charge on any atom is -0.497 e. The molecule has 11 heteroatoms. The summed E-state index contributed by atoms with van der Waals surface area (Å²) in [7, 11) is 6.84. The van der Waals surface area contributed by atoms with Crippen molar-refractivity contribution in [3.05, 3.63) is 67.3 Å². The van der Waals surface area contributed by atoms with Gasteiger partial charge in [-0.2, -0.15) is 10.1 Å². The molecule has 1 saturated heterocycles. The largest absolute Gasteiger partial charge is 0.497 e. The molecule has 0 amide bonds. The zero-order valence-corrected chi connectivity index (χ0v) is 23.6. The van der Waals surface area contributed by atoms with Crippen LogP contribution >= 0.6 is 0 Å². The first-order chi connectivity index (χ1) is 20.0. The summed E-state index contributed by atoms with van der Waals surface area (Å²) in [6, 6.07) is 13.9. The van der Waals surface area contributed by atoms with E-state index < -0.39 is 0 Å². The molecular weight excluding hydrogens is 520 g/mol. The SMILES string of the molecule is COc1cc(OC)cc(N(CC2CCN(c3nccc(OC)n3)C2)c2ccc3ncc(-c4cnn(C)c4)nc3c2)c1. The highest BCUT2D eigenvalue weighted by Gasteiger charge is 2.28. The van der Waals surface area contributed by atoms with Crippen LogP contribution in [-0.2, 0) is 7.05 Å². The van der Waals surface area contributed by atoms with Gasteiger partial charge in [0, 0.05) is 80.3 Å². The van der Waals surface area contributed by atoms with Gasteiger partial charge < -0.3 is 24.0 Å². The Labute approximate surface area is 238 Å². The minimum atomic E-state index is 0.352. The van der Waals surface area contributed by atoms with E-state index in [2.05, 4.69) is 42.0 Å². The molecule has 2 aromatic carbocycles. The number of benzene rings is 2. The second-order valence-electron chi connectivity index (χ2n) is 10.0. The van der Waals surface area contributed by atoms with Crippen LogP contribution in [0.2, 0.25) is 0 Å². The van der Waals surface area contributed by atoms with Gasteiger partial charge in [0.25, 0.3) is 0 Å². The third-order valence-corrected chi connectivity index (χ3v) is 7.32. The highest BCUT2D eigenvalue weighted by molar-refractivity contribution is 5.82. The molecule has 0 saturated carbocycles. The normalized spacial score (nSPS) is 14.8. The van der Waals surface area contributed by atoms with E-state index in [1.54, 1.807) is 50.7 Å². The third-order valence-electron chi connectivity index (χ3n) is 7.32. The fourth-order valence-electron chi connectivity index (χ4n) is 5.19. The van der Waals surface area contributed by atoms with Crippen molar-refractivity contribution in [1.82, 2.24) is 29.7 Å². The molecule has 1 aliphatic heterocycles. The van der Waals surface area contributed by atoms with Crippen molar-refractivity contribution in [2.45, 2.75) is 6.42 Å². The quantitative estimate of drug-likeness (QED) is 0.259. The summed E-state index contributed by atoms with van der Waals surface area (Å²) in [5.74, 6) is 3.05. The first-order valence-electron chi connectivity index (χ1n) is 13.4. The zero-order chi connectivity index (χ0) is 28.3. The summed E-state index contributed by atoms with van der Waals surface area (Å²) in [5.41, 5.74) is 5.30. The molecule has 1 aliphatic rings. The molecule has 41 heavy (non-hydrogen) atoms.